The number of likely N-dealkylation sites (N-methyl/N-ethyl adjacent to an activating group) is 1. The van der Waals surface area contributed by atoms with Crippen molar-refractivity contribution >= 4 is 11.7 Å². The maximum Gasteiger partial charge on any atom is 0.239 e. The van der Waals surface area contributed by atoms with Crippen LogP contribution in [0.3, 0.4) is 0 Å². The summed E-state index contributed by atoms with van der Waals surface area (Å²) in [5, 5.41) is 2.83. The monoisotopic (exact) mass is 219 g/mol. The fourth-order valence-corrected chi connectivity index (χ4v) is 1.84. The summed E-state index contributed by atoms with van der Waals surface area (Å²) in [6.07, 6.45) is 1.84. The molecule has 2 rings (SSSR count). The first-order chi connectivity index (χ1) is 7.56. The Balaban J connectivity index is 2.38. The molecule has 1 aromatic heterocycles. The van der Waals surface area contributed by atoms with Crippen molar-refractivity contribution in [3.8, 4) is 0 Å². The highest BCUT2D eigenvalue weighted by Gasteiger charge is 2.18. The van der Waals surface area contributed by atoms with Gasteiger partial charge in [0.05, 0.1) is 6.54 Å². The lowest BCUT2D eigenvalue weighted by atomic mass is 10.0. The van der Waals surface area contributed by atoms with Gasteiger partial charge in [0.1, 0.15) is 5.82 Å². The molecule has 1 aliphatic heterocycles. The topological polar surface area (TPSA) is 45.2 Å². The van der Waals surface area contributed by atoms with Gasteiger partial charge in [-0.2, -0.15) is 0 Å². The third-order valence-corrected chi connectivity index (χ3v) is 2.77. The molecule has 0 aliphatic carbocycles. The van der Waals surface area contributed by atoms with E-state index in [0.29, 0.717) is 18.3 Å². The Morgan fingerprint density at radius 1 is 1.44 bits per heavy atom. The number of aromatic nitrogens is 1. The van der Waals surface area contributed by atoms with Crippen LogP contribution in [0, 0.1) is 0 Å². The Bertz CT molecular complexity index is 415. The summed E-state index contributed by atoms with van der Waals surface area (Å²) in [4.78, 5) is 17.8. The Hall–Kier alpha value is -1.42. The van der Waals surface area contributed by atoms with Crippen LogP contribution in [0.15, 0.2) is 12.3 Å². The van der Waals surface area contributed by atoms with Crippen molar-refractivity contribution in [2.45, 2.75) is 26.3 Å². The minimum Gasteiger partial charge on any atom is -0.309 e. The van der Waals surface area contributed by atoms with Crippen LogP contribution in [0.1, 0.15) is 30.9 Å². The zero-order valence-corrected chi connectivity index (χ0v) is 9.95. The van der Waals surface area contributed by atoms with E-state index in [-0.39, 0.29) is 5.91 Å². The summed E-state index contributed by atoms with van der Waals surface area (Å²) in [7, 11) is 1.94. The minimum atomic E-state index is 0.00560. The highest BCUT2D eigenvalue weighted by atomic mass is 16.2. The molecular formula is C12H17N3O. The molecule has 1 aromatic rings. The third-order valence-electron chi connectivity index (χ3n) is 2.77. The lowest BCUT2D eigenvalue weighted by Gasteiger charge is -2.13. The molecule has 0 atom stereocenters. The van der Waals surface area contributed by atoms with Crippen molar-refractivity contribution in [2.75, 3.05) is 18.9 Å². The van der Waals surface area contributed by atoms with Gasteiger partial charge in [-0.25, -0.2) is 4.98 Å². The van der Waals surface area contributed by atoms with Crippen molar-refractivity contribution < 1.29 is 4.79 Å². The molecule has 0 unspecified atom stereocenters. The molecule has 0 spiro atoms. The standard InChI is InChI=1S/C12H17N3O/c1-8(2)9-4-10-6-15(3)7-11(16)14-12(10)13-5-9/h4-5,8H,6-7H2,1-3H3,(H,13,14,16). The van der Waals surface area contributed by atoms with Crippen LogP contribution in [0.2, 0.25) is 0 Å². The number of hydrogen-bond donors (Lipinski definition) is 1. The van der Waals surface area contributed by atoms with Crippen molar-refractivity contribution in [1.29, 1.82) is 0 Å². The molecule has 0 aromatic carbocycles. The Morgan fingerprint density at radius 2 is 2.19 bits per heavy atom. The van der Waals surface area contributed by atoms with E-state index in [1.807, 2.05) is 18.1 Å². The Kier molecular flexibility index (Phi) is 2.92. The normalized spacial score (nSPS) is 16.9. The number of nitrogens with one attached hydrogen (secondary N) is 1. The number of pyridine rings is 1. The maximum absolute atomic E-state index is 11.5. The first kappa shape index (κ1) is 11.1. The van der Waals surface area contributed by atoms with E-state index >= 15 is 0 Å². The minimum absolute atomic E-state index is 0.00560. The average molecular weight is 219 g/mol. The number of fused-ring (bicyclic) bond motifs is 1. The van der Waals surface area contributed by atoms with Gasteiger partial charge < -0.3 is 5.32 Å². The van der Waals surface area contributed by atoms with Crippen LogP contribution in [0.4, 0.5) is 5.82 Å². The molecule has 16 heavy (non-hydrogen) atoms. The van der Waals surface area contributed by atoms with E-state index in [4.69, 9.17) is 0 Å². The first-order valence-electron chi connectivity index (χ1n) is 5.53. The fraction of sp³-hybridized carbons (Fsp3) is 0.500. The third kappa shape index (κ3) is 2.22. The van der Waals surface area contributed by atoms with E-state index in [1.165, 1.54) is 5.56 Å². The maximum atomic E-state index is 11.5. The quantitative estimate of drug-likeness (QED) is 0.780. The van der Waals surface area contributed by atoms with E-state index in [1.54, 1.807) is 0 Å². The number of carbonyl (C=O) groups excluding carboxylic acids is 1. The molecular weight excluding hydrogens is 202 g/mol. The molecule has 2 heterocycles. The summed E-state index contributed by atoms with van der Waals surface area (Å²) in [5.41, 5.74) is 2.31. The van der Waals surface area contributed by atoms with Gasteiger partial charge in [-0.05, 0) is 24.6 Å². The predicted molar refractivity (Wildman–Crippen MR) is 63.3 cm³/mol. The molecule has 4 nitrogen and oxygen atoms in total. The van der Waals surface area contributed by atoms with Crippen molar-refractivity contribution in [2.24, 2.45) is 0 Å². The van der Waals surface area contributed by atoms with Gasteiger partial charge in [0.2, 0.25) is 5.91 Å². The molecule has 1 amide bonds. The summed E-state index contributed by atoms with van der Waals surface area (Å²) in [6, 6.07) is 2.13. The second-order valence-electron chi connectivity index (χ2n) is 4.65. The highest BCUT2D eigenvalue weighted by Crippen LogP contribution is 2.22. The van der Waals surface area contributed by atoms with Gasteiger partial charge in [-0.3, -0.25) is 9.69 Å². The summed E-state index contributed by atoms with van der Waals surface area (Å²) in [6.45, 7) is 5.47. The zero-order valence-electron chi connectivity index (χ0n) is 9.95. The van der Waals surface area contributed by atoms with E-state index in [2.05, 4.69) is 30.2 Å². The van der Waals surface area contributed by atoms with Gasteiger partial charge in [-0.1, -0.05) is 13.8 Å². The molecule has 1 aliphatic rings. The molecule has 1 N–H and O–H groups in total. The number of carbonyl (C=O) groups is 1. The van der Waals surface area contributed by atoms with Crippen LogP contribution in [-0.2, 0) is 11.3 Å². The second-order valence-corrected chi connectivity index (χ2v) is 4.65. The Labute approximate surface area is 95.7 Å². The molecule has 0 bridgehead atoms. The largest absolute Gasteiger partial charge is 0.309 e. The molecule has 0 saturated carbocycles. The van der Waals surface area contributed by atoms with Crippen LogP contribution >= 0.6 is 0 Å². The number of anilines is 1. The van der Waals surface area contributed by atoms with Crippen molar-refractivity contribution in [3.05, 3.63) is 23.4 Å². The lowest BCUT2D eigenvalue weighted by molar-refractivity contribution is -0.116. The van der Waals surface area contributed by atoms with Crippen LogP contribution < -0.4 is 5.32 Å². The lowest BCUT2D eigenvalue weighted by Crippen LogP contribution is -2.26. The van der Waals surface area contributed by atoms with Gasteiger partial charge in [0.15, 0.2) is 0 Å². The summed E-state index contributed by atoms with van der Waals surface area (Å²) >= 11 is 0. The predicted octanol–water partition coefficient (Wildman–Crippen LogP) is 1.59. The van der Waals surface area contributed by atoms with Crippen LogP contribution in [0.25, 0.3) is 0 Å². The summed E-state index contributed by atoms with van der Waals surface area (Å²) in [5.74, 6) is 1.17. The molecule has 0 fully saturated rings. The average Bonchev–Trinajstić information content (AvgIpc) is 2.32. The van der Waals surface area contributed by atoms with E-state index < -0.39 is 0 Å². The number of hydrogen-bond acceptors (Lipinski definition) is 3. The van der Waals surface area contributed by atoms with Gasteiger partial charge >= 0.3 is 0 Å². The zero-order chi connectivity index (χ0) is 11.7. The number of rotatable bonds is 1. The molecule has 86 valence electrons. The van der Waals surface area contributed by atoms with Gasteiger partial charge in [0.25, 0.3) is 0 Å². The van der Waals surface area contributed by atoms with Crippen LogP contribution in [-0.4, -0.2) is 29.4 Å². The van der Waals surface area contributed by atoms with Crippen molar-refractivity contribution in [3.63, 3.8) is 0 Å². The molecule has 4 heteroatoms. The number of amides is 1. The Morgan fingerprint density at radius 3 is 2.88 bits per heavy atom. The van der Waals surface area contributed by atoms with E-state index in [0.717, 1.165) is 12.1 Å². The van der Waals surface area contributed by atoms with Crippen LogP contribution in [0.5, 0.6) is 0 Å². The SMILES string of the molecule is CC(C)c1cnc2c(c1)CN(C)CC(=O)N2. The summed E-state index contributed by atoms with van der Waals surface area (Å²) < 4.78 is 0. The van der Waals surface area contributed by atoms with Gasteiger partial charge in [0, 0.05) is 18.3 Å². The van der Waals surface area contributed by atoms with E-state index in [9.17, 15) is 4.79 Å². The molecule has 0 saturated heterocycles. The highest BCUT2D eigenvalue weighted by molar-refractivity contribution is 5.92. The smallest absolute Gasteiger partial charge is 0.239 e. The second kappa shape index (κ2) is 4.22. The van der Waals surface area contributed by atoms with Gasteiger partial charge in [-0.15, -0.1) is 0 Å². The van der Waals surface area contributed by atoms with Crippen molar-refractivity contribution in [1.82, 2.24) is 9.88 Å². The fourth-order valence-electron chi connectivity index (χ4n) is 1.84. The molecule has 0 radical (unpaired) electrons. The number of nitrogens with zero attached hydrogens (tertiary/aromatic N) is 2. The first-order valence-corrected chi connectivity index (χ1v) is 5.53.